The monoisotopic (exact) mass is 202 g/mol. The molecule has 0 aliphatic carbocycles. The molecule has 0 aliphatic heterocycles. The quantitative estimate of drug-likeness (QED) is 0.711. The summed E-state index contributed by atoms with van der Waals surface area (Å²) in [4.78, 5) is 21.4. The van der Waals surface area contributed by atoms with Crippen LogP contribution in [0.4, 0.5) is 9.59 Å². The van der Waals surface area contributed by atoms with Gasteiger partial charge >= 0.3 is 12.2 Å². The molecular formula is C8H14N2O4. The molecule has 0 radical (unpaired) electrons. The topological polar surface area (TPSA) is 76.7 Å². The third kappa shape index (κ3) is 6.96. The zero-order chi connectivity index (χ0) is 10.8. The van der Waals surface area contributed by atoms with Crippen LogP contribution >= 0.6 is 0 Å². The van der Waals surface area contributed by atoms with E-state index in [1.807, 2.05) is 0 Å². The molecule has 0 aliphatic rings. The van der Waals surface area contributed by atoms with E-state index in [-0.39, 0.29) is 0 Å². The highest BCUT2D eigenvalue weighted by Gasteiger charge is 1.96. The van der Waals surface area contributed by atoms with Crippen molar-refractivity contribution in [3.63, 3.8) is 0 Å². The summed E-state index contributed by atoms with van der Waals surface area (Å²) in [6, 6.07) is 0. The molecule has 0 aromatic rings. The first-order valence-corrected chi connectivity index (χ1v) is 4.22. The molecule has 0 unspecified atom stereocenters. The summed E-state index contributed by atoms with van der Waals surface area (Å²) in [5, 5.41) is 4.54. The Bertz CT molecular complexity index is 193. The Morgan fingerprint density at radius 1 is 1.00 bits per heavy atom. The molecule has 6 nitrogen and oxygen atoms in total. The maximum Gasteiger partial charge on any atom is 0.411 e. The maximum absolute atomic E-state index is 10.7. The lowest BCUT2D eigenvalue weighted by molar-refractivity contribution is 0.154. The standard InChI is InChI=1S/C8H14N2O4/c1-3-13-7(11)9-5-6-10-8(12)14-4-2/h5-6H,3-4H2,1-2H3,(H,9,11)(H,10,12)/b6-5+. The van der Waals surface area contributed by atoms with Crippen LogP contribution in [0.2, 0.25) is 0 Å². The second kappa shape index (κ2) is 7.90. The van der Waals surface area contributed by atoms with Crippen molar-refractivity contribution in [3.8, 4) is 0 Å². The Morgan fingerprint density at radius 3 is 1.64 bits per heavy atom. The summed E-state index contributed by atoms with van der Waals surface area (Å²) < 4.78 is 9.10. The third-order valence-corrected chi connectivity index (χ3v) is 1.04. The van der Waals surface area contributed by atoms with Gasteiger partial charge in [0, 0.05) is 12.4 Å². The first-order chi connectivity index (χ1) is 6.70. The zero-order valence-corrected chi connectivity index (χ0v) is 8.20. The van der Waals surface area contributed by atoms with Gasteiger partial charge in [0.05, 0.1) is 13.2 Å². The SMILES string of the molecule is CCOC(=O)N/C=C/NC(=O)OCC. The molecule has 80 valence electrons. The summed E-state index contributed by atoms with van der Waals surface area (Å²) in [5.74, 6) is 0. The Balaban J connectivity index is 3.53. The van der Waals surface area contributed by atoms with Crippen molar-refractivity contribution in [1.82, 2.24) is 10.6 Å². The minimum Gasteiger partial charge on any atom is -0.450 e. The molecule has 0 rings (SSSR count). The lowest BCUT2D eigenvalue weighted by atomic mass is 10.8. The number of hydrogen-bond acceptors (Lipinski definition) is 4. The maximum atomic E-state index is 10.7. The van der Waals surface area contributed by atoms with Gasteiger partial charge in [-0.2, -0.15) is 0 Å². The van der Waals surface area contributed by atoms with Crippen molar-refractivity contribution in [2.45, 2.75) is 13.8 Å². The average Bonchev–Trinajstić information content (AvgIpc) is 2.13. The van der Waals surface area contributed by atoms with Gasteiger partial charge in [-0.1, -0.05) is 0 Å². The normalized spacial score (nSPS) is 9.57. The van der Waals surface area contributed by atoms with E-state index in [0.717, 1.165) is 0 Å². The molecule has 0 aromatic heterocycles. The van der Waals surface area contributed by atoms with Crippen molar-refractivity contribution < 1.29 is 19.1 Å². The van der Waals surface area contributed by atoms with E-state index in [9.17, 15) is 9.59 Å². The zero-order valence-electron chi connectivity index (χ0n) is 8.20. The van der Waals surface area contributed by atoms with Crippen LogP contribution in [0.3, 0.4) is 0 Å². The summed E-state index contributed by atoms with van der Waals surface area (Å²) in [5.41, 5.74) is 0. The summed E-state index contributed by atoms with van der Waals surface area (Å²) >= 11 is 0. The van der Waals surface area contributed by atoms with Crippen LogP contribution in [0.5, 0.6) is 0 Å². The smallest absolute Gasteiger partial charge is 0.411 e. The molecule has 0 saturated carbocycles. The van der Waals surface area contributed by atoms with Crippen LogP contribution < -0.4 is 10.6 Å². The molecular weight excluding hydrogens is 188 g/mol. The number of hydrogen-bond donors (Lipinski definition) is 2. The molecule has 0 heterocycles. The molecule has 0 aromatic carbocycles. The molecule has 2 N–H and O–H groups in total. The first kappa shape index (κ1) is 12.3. The molecule has 0 spiro atoms. The number of rotatable bonds is 4. The largest absolute Gasteiger partial charge is 0.450 e. The molecule has 0 saturated heterocycles. The Kier molecular flexibility index (Phi) is 6.93. The lowest BCUT2D eigenvalue weighted by Gasteiger charge is -2.00. The van der Waals surface area contributed by atoms with Crippen LogP contribution in [-0.2, 0) is 9.47 Å². The predicted octanol–water partition coefficient (Wildman–Crippen LogP) is 0.950. The van der Waals surface area contributed by atoms with Gasteiger partial charge in [-0.05, 0) is 13.8 Å². The highest BCUT2D eigenvalue weighted by molar-refractivity contribution is 5.69. The fourth-order valence-corrected chi connectivity index (χ4v) is 0.565. The van der Waals surface area contributed by atoms with E-state index in [0.29, 0.717) is 13.2 Å². The van der Waals surface area contributed by atoms with E-state index in [2.05, 4.69) is 20.1 Å². The number of ether oxygens (including phenoxy) is 2. The number of nitrogens with one attached hydrogen (secondary N) is 2. The van der Waals surface area contributed by atoms with E-state index in [1.165, 1.54) is 12.4 Å². The molecule has 2 amide bonds. The van der Waals surface area contributed by atoms with E-state index >= 15 is 0 Å². The Labute approximate surface area is 82.3 Å². The Hall–Kier alpha value is -1.72. The van der Waals surface area contributed by atoms with Crippen molar-refractivity contribution in [1.29, 1.82) is 0 Å². The molecule has 14 heavy (non-hydrogen) atoms. The Morgan fingerprint density at radius 2 is 1.36 bits per heavy atom. The van der Waals surface area contributed by atoms with Crippen molar-refractivity contribution in [2.75, 3.05) is 13.2 Å². The van der Waals surface area contributed by atoms with Gasteiger partial charge in [0.1, 0.15) is 0 Å². The fraction of sp³-hybridized carbons (Fsp3) is 0.500. The number of carbonyl (C=O) groups excluding carboxylic acids is 2. The van der Waals surface area contributed by atoms with Crippen LogP contribution in [0.25, 0.3) is 0 Å². The fourth-order valence-electron chi connectivity index (χ4n) is 0.565. The molecule has 0 fully saturated rings. The van der Waals surface area contributed by atoms with Crippen molar-refractivity contribution >= 4 is 12.2 Å². The summed E-state index contributed by atoms with van der Waals surface area (Å²) in [6.07, 6.45) is 1.34. The van der Waals surface area contributed by atoms with Gasteiger partial charge in [-0.3, -0.25) is 10.6 Å². The highest BCUT2D eigenvalue weighted by Crippen LogP contribution is 1.77. The van der Waals surface area contributed by atoms with Crippen LogP contribution in [-0.4, -0.2) is 25.4 Å². The van der Waals surface area contributed by atoms with Gasteiger partial charge in [0.2, 0.25) is 0 Å². The highest BCUT2D eigenvalue weighted by atomic mass is 16.6. The number of alkyl carbamates (subject to hydrolysis) is 2. The van der Waals surface area contributed by atoms with Gasteiger partial charge in [-0.25, -0.2) is 9.59 Å². The predicted molar refractivity (Wildman–Crippen MR) is 49.5 cm³/mol. The second-order valence-corrected chi connectivity index (χ2v) is 2.06. The van der Waals surface area contributed by atoms with Gasteiger partial charge in [-0.15, -0.1) is 0 Å². The van der Waals surface area contributed by atoms with E-state index < -0.39 is 12.2 Å². The summed E-state index contributed by atoms with van der Waals surface area (Å²) in [7, 11) is 0. The molecule has 0 bridgehead atoms. The summed E-state index contributed by atoms with van der Waals surface area (Å²) in [6.45, 7) is 3.98. The average molecular weight is 202 g/mol. The van der Waals surface area contributed by atoms with Gasteiger partial charge in [0.15, 0.2) is 0 Å². The second-order valence-electron chi connectivity index (χ2n) is 2.06. The van der Waals surface area contributed by atoms with Crippen LogP contribution in [0.15, 0.2) is 12.4 Å². The molecule has 6 heteroatoms. The van der Waals surface area contributed by atoms with Crippen LogP contribution in [0.1, 0.15) is 13.8 Å². The van der Waals surface area contributed by atoms with Crippen LogP contribution in [0, 0.1) is 0 Å². The van der Waals surface area contributed by atoms with E-state index in [4.69, 9.17) is 0 Å². The first-order valence-electron chi connectivity index (χ1n) is 4.22. The van der Waals surface area contributed by atoms with Gasteiger partial charge in [0.25, 0.3) is 0 Å². The van der Waals surface area contributed by atoms with Crippen molar-refractivity contribution in [3.05, 3.63) is 12.4 Å². The number of amides is 2. The minimum atomic E-state index is -0.575. The lowest BCUT2D eigenvalue weighted by Crippen LogP contribution is -2.22. The molecule has 0 atom stereocenters. The van der Waals surface area contributed by atoms with E-state index in [1.54, 1.807) is 13.8 Å². The number of carbonyl (C=O) groups is 2. The third-order valence-electron chi connectivity index (χ3n) is 1.04. The minimum absolute atomic E-state index is 0.297. The van der Waals surface area contributed by atoms with Gasteiger partial charge < -0.3 is 9.47 Å². The van der Waals surface area contributed by atoms with Crippen molar-refractivity contribution in [2.24, 2.45) is 0 Å².